The number of aromatic nitrogens is 3. The van der Waals surface area contributed by atoms with E-state index in [4.69, 9.17) is 11.6 Å². The summed E-state index contributed by atoms with van der Waals surface area (Å²) < 4.78 is 0. The Hall–Kier alpha value is -2.21. The fourth-order valence-corrected chi connectivity index (χ4v) is 1.36. The molecule has 0 spiro atoms. The van der Waals surface area contributed by atoms with Crippen molar-refractivity contribution in [3.63, 3.8) is 0 Å². The Morgan fingerprint density at radius 1 is 1.35 bits per heavy atom. The fourth-order valence-electron chi connectivity index (χ4n) is 1.15. The van der Waals surface area contributed by atoms with Gasteiger partial charge >= 0.3 is 0 Å². The molecule has 0 fully saturated rings. The molecular weight excluding hydrogens is 244 g/mol. The number of anilines is 1. The average molecular weight is 251 g/mol. The Labute approximate surface area is 101 Å². The zero-order valence-corrected chi connectivity index (χ0v) is 9.23. The minimum Gasteiger partial charge on any atom is -0.305 e. The second kappa shape index (κ2) is 4.75. The summed E-state index contributed by atoms with van der Waals surface area (Å²) in [5, 5.41) is 8.43. The highest BCUT2D eigenvalue weighted by molar-refractivity contribution is 6.33. The van der Waals surface area contributed by atoms with Crippen LogP contribution in [0.15, 0.2) is 35.3 Å². The molecule has 6 nitrogen and oxygen atoms in total. The molecular formula is C10H7ClN4O2. The number of hydrogen-bond donors (Lipinski definition) is 2. The van der Waals surface area contributed by atoms with Crippen molar-refractivity contribution in [1.29, 1.82) is 0 Å². The van der Waals surface area contributed by atoms with Crippen LogP contribution in [-0.4, -0.2) is 21.1 Å². The molecule has 0 aliphatic heterocycles. The van der Waals surface area contributed by atoms with Crippen LogP contribution in [0, 0.1) is 0 Å². The number of halogens is 1. The molecule has 0 saturated carbocycles. The van der Waals surface area contributed by atoms with E-state index in [1.165, 1.54) is 24.4 Å². The summed E-state index contributed by atoms with van der Waals surface area (Å²) in [5.41, 5.74) is -0.107. The number of H-pyrrole nitrogens is 1. The lowest BCUT2D eigenvalue weighted by atomic mass is 10.2. The zero-order valence-electron chi connectivity index (χ0n) is 8.48. The summed E-state index contributed by atoms with van der Waals surface area (Å²) in [6.45, 7) is 0. The predicted octanol–water partition coefficient (Wildman–Crippen LogP) is 1.07. The van der Waals surface area contributed by atoms with Gasteiger partial charge in [0.2, 0.25) is 0 Å². The van der Waals surface area contributed by atoms with Gasteiger partial charge < -0.3 is 5.32 Å². The molecule has 0 radical (unpaired) electrons. The van der Waals surface area contributed by atoms with Gasteiger partial charge in [-0.3, -0.25) is 9.59 Å². The minimum absolute atomic E-state index is 0.106. The number of nitrogens with zero attached hydrogens (tertiary/aromatic N) is 2. The van der Waals surface area contributed by atoms with Crippen LogP contribution in [0.5, 0.6) is 0 Å². The van der Waals surface area contributed by atoms with Crippen molar-refractivity contribution in [2.24, 2.45) is 0 Å². The number of hydrogen-bond acceptors (Lipinski definition) is 4. The summed E-state index contributed by atoms with van der Waals surface area (Å²) >= 11 is 5.76. The topological polar surface area (TPSA) is 87.7 Å². The van der Waals surface area contributed by atoms with E-state index in [0.717, 1.165) is 0 Å². The lowest BCUT2D eigenvalue weighted by Gasteiger charge is -2.04. The van der Waals surface area contributed by atoms with Crippen LogP contribution in [0.25, 0.3) is 0 Å². The van der Waals surface area contributed by atoms with E-state index in [9.17, 15) is 9.59 Å². The number of nitrogens with one attached hydrogen (secondary N) is 2. The molecule has 0 aliphatic rings. The van der Waals surface area contributed by atoms with Crippen molar-refractivity contribution in [1.82, 2.24) is 15.2 Å². The quantitative estimate of drug-likeness (QED) is 0.781. The zero-order chi connectivity index (χ0) is 12.3. The number of amides is 1. The highest BCUT2D eigenvalue weighted by Crippen LogP contribution is 2.12. The molecule has 0 bridgehead atoms. The third-order valence-electron chi connectivity index (χ3n) is 1.92. The van der Waals surface area contributed by atoms with Gasteiger partial charge in [-0.05, 0) is 18.2 Å². The van der Waals surface area contributed by atoms with Crippen molar-refractivity contribution < 1.29 is 4.79 Å². The Balaban J connectivity index is 2.20. The molecule has 0 aliphatic carbocycles. The normalized spacial score (nSPS) is 9.94. The van der Waals surface area contributed by atoms with Crippen molar-refractivity contribution in [2.75, 3.05) is 5.32 Å². The van der Waals surface area contributed by atoms with Crippen molar-refractivity contribution in [3.8, 4) is 0 Å². The Morgan fingerprint density at radius 3 is 2.82 bits per heavy atom. The Bertz CT molecular complexity index is 591. The van der Waals surface area contributed by atoms with Crippen molar-refractivity contribution in [2.45, 2.75) is 0 Å². The summed E-state index contributed by atoms with van der Waals surface area (Å²) in [6, 6.07) is 5.78. The molecule has 0 aromatic carbocycles. The maximum atomic E-state index is 11.8. The van der Waals surface area contributed by atoms with E-state index >= 15 is 0 Å². The van der Waals surface area contributed by atoms with Gasteiger partial charge in [-0.25, -0.2) is 10.1 Å². The average Bonchev–Trinajstić information content (AvgIpc) is 2.32. The first-order valence-corrected chi connectivity index (χ1v) is 5.02. The van der Waals surface area contributed by atoms with Crippen LogP contribution in [-0.2, 0) is 0 Å². The van der Waals surface area contributed by atoms with Crippen LogP contribution in [0.1, 0.15) is 10.4 Å². The molecule has 0 unspecified atom stereocenters. The summed E-state index contributed by atoms with van der Waals surface area (Å²) in [5.74, 6) is -0.211. The minimum atomic E-state index is -0.442. The molecule has 2 aromatic heterocycles. The molecule has 0 atom stereocenters. The molecule has 17 heavy (non-hydrogen) atoms. The molecule has 0 saturated heterocycles. The number of aromatic amines is 1. The van der Waals surface area contributed by atoms with Gasteiger partial charge in [0.25, 0.3) is 11.5 Å². The van der Waals surface area contributed by atoms with E-state index in [1.54, 1.807) is 6.07 Å². The summed E-state index contributed by atoms with van der Waals surface area (Å²) in [7, 11) is 0. The number of carbonyl (C=O) groups excluding carboxylic acids is 1. The van der Waals surface area contributed by atoms with E-state index in [-0.39, 0.29) is 22.1 Å². The predicted molar refractivity (Wildman–Crippen MR) is 62.1 cm³/mol. The Morgan fingerprint density at radius 2 is 2.18 bits per heavy atom. The Kier molecular flexibility index (Phi) is 3.15. The number of rotatable bonds is 2. The van der Waals surface area contributed by atoms with Gasteiger partial charge in [-0.15, -0.1) is 0 Å². The third-order valence-corrected chi connectivity index (χ3v) is 2.23. The molecule has 7 heteroatoms. The second-order valence-electron chi connectivity index (χ2n) is 3.10. The maximum Gasteiger partial charge on any atom is 0.264 e. The summed E-state index contributed by atoms with van der Waals surface area (Å²) in [6.07, 6.45) is 1.48. The van der Waals surface area contributed by atoms with Crippen LogP contribution in [0.3, 0.4) is 0 Å². The van der Waals surface area contributed by atoms with E-state index < -0.39 is 5.91 Å². The van der Waals surface area contributed by atoms with Crippen molar-refractivity contribution in [3.05, 3.63) is 51.5 Å². The van der Waals surface area contributed by atoms with Gasteiger partial charge in [-0.1, -0.05) is 11.6 Å². The van der Waals surface area contributed by atoms with Crippen LogP contribution >= 0.6 is 11.6 Å². The molecule has 2 aromatic rings. The van der Waals surface area contributed by atoms with Crippen molar-refractivity contribution >= 4 is 23.3 Å². The van der Waals surface area contributed by atoms with Gasteiger partial charge in [0.05, 0.1) is 5.56 Å². The van der Waals surface area contributed by atoms with E-state index in [0.29, 0.717) is 0 Å². The highest BCUT2D eigenvalue weighted by Gasteiger charge is 2.11. The fraction of sp³-hybridized carbons (Fsp3) is 0. The SMILES string of the molecule is O=C(Nc1ccc(=O)[nH]n1)c1cccnc1Cl. The van der Waals surface area contributed by atoms with Gasteiger partial charge in [-0.2, -0.15) is 5.10 Å². The van der Waals surface area contributed by atoms with Crippen LogP contribution in [0.2, 0.25) is 5.15 Å². The van der Waals surface area contributed by atoms with E-state index in [2.05, 4.69) is 20.5 Å². The standard InChI is InChI=1S/C10H7ClN4O2/c11-9-6(2-1-5-12-9)10(17)13-7-3-4-8(16)15-14-7/h1-5H,(H,15,16)(H,13,14,17). The lowest BCUT2D eigenvalue weighted by Crippen LogP contribution is -2.16. The lowest BCUT2D eigenvalue weighted by molar-refractivity contribution is 0.102. The van der Waals surface area contributed by atoms with Gasteiger partial charge in [0, 0.05) is 12.3 Å². The monoisotopic (exact) mass is 250 g/mol. The second-order valence-corrected chi connectivity index (χ2v) is 3.46. The highest BCUT2D eigenvalue weighted by atomic mass is 35.5. The number of pyridine rings is 1. The molecule has 1 amide bonds. The molecule has 2 N–H and O–H groups in total. The first kappa shape index (κ1) is 11.3. The molecule has 86 valence electrons. The smallest absolute Gasteiger partial charge is 0.264 e. The third kappa shape index (κ3) is 2.67. The molecule has 2 rings (SSSR count). The summed E-state index contributed by atoms with van der Waals surface area (Å²) in [4.78, 5) is 26.3. The van der Waals surface area contributed by atoms with Crippen LogP contribution in [0.4, 0.5) is 5.82 Å². The first-order chi connectivity index (χ1) is 8.16. The number of carbonyl (C=O) groups is 1. The molecule has 2 heterocycles. The largest absolute Gasteiger partial charge is 0.305 e. The maximum absolute atomic E-state index is 11.8. The first-order valence-electron chi connectivity index (χ1n) is 4.64. The van der Waals surface area contributed by atoms with Gasteiger partial charge in [0.1, 0.15) is 5.15 Å². The van der Waals surface area contributed by atoms with E-state index in [1.807, 2.05) is 0 Å². The van der Waals surface area contributed by atoms with Crippen LogP contribution < -0.4 is 10.9 Å². The van der Waals surface area contributed by atoms with Gasteiger partial charge in [0.15, 0.2) is 5.82 Å².